The monoisotopic (exact) mass is 614 g/mol. The van der Waals surface area contributed by atoms with Gasteiger partial charge in [-0.3, -0.25) is 0 Å². The molecule has 1 radical (unpaired) electrons. The second kappa shape index (κ2) is 25.0. The molecular formula is C28H60AsO5PS-. The molecule has 0 aromatic rings. The van der Waals surface area contributed by atoms with Crippen LogP contribution in [0.1, 0.15) is 110 Å². The van der Waals surface area contributed by atoms with Crippen molar-refractivity contribution in [1.82, 2.24) is 0 Å². The number of phosphoric acid groups is 1. The quantitative estimate of drug-likeness (QED) is 0.0498. The summed E-state index contributed by atoms with van der Waals surface area (Å²) in [5.41, 5.74) is 6.68. The van der Waals surface area contributed by atoms with Crippen molar-refractivity contribution >= 4 is 33.1 Å². The van der Waals surface area contributed by atoms with Crippen LogP contribution in [0.3, 0.4) is 0 Å². The van der Waals surface area contributed by atoms with Gasteiger partial charge in [-0.05, 0) is 0 Å². The fourth-order valence-electron chi connectivity index (χ4n) is 4.04. The van der Waals surface area contributed by atoms with E-state index in [2.05, 4.69) is 24.1 Å². The number of hydrogen-bond acceptors (Lipinski definition) is 6. The average molecular weight is 615 g/mol. The van der Waals surface area contributed by atoms with Gasteiger partial charge in [0.15, 0.2) is 0 Å². The van der Waals surface area contributed by atoms with Crippen molar-refractivity contribution in [3.63, 3.8) is 0 Å². The predicted octanol–water partition coefficient (Wildman–Crippen LogP) is 9.08. The number of rotatable bonds is 28. The van der Waals surface area contributed by atoms with Crippen LogP contribution < -0.4 is 4.89 Å². The van der Waals surface area contributed by atoms with E-state index in [9.17, 15) is 9.46 Å². The Hall–Kier alpha value is 0.978. The molecule has 0 bridgehead atoms. The molecule has 0 amide bonds. The maximum absolute atomic E-state index is 12.0. The fourth-order valence-corrected chi connectivity index (χ4v) is 7.58. The molecule has 0 aliphatic rings. The van der Waals surface area contributed by atoms with Crippen LogP contribution in [0.15, 0.2) is 0 Å². The van der Waals surface area contributed by atoms with Crippen LogP contribution in [-0.4, -0.2) is 52.0 Å². The van der Waals surface area contributed by atoms with Crippen molar-refractivity contribution in [1.29, 1.82) is 0 Å². The van der Waals surface area contributed by atoms with Gasteiger partial charge in [0, 0.05) is 0 Å². The van der Waals surface area contributed by atoms with Gasteiger partial charge in [0.05, 0.1) is 0 Å². The van der Waals surface area contributed by atoms with E-state index in [4.69, 9.17) is 13.8 Å². The first-order valence-corrected chi connectivity index (χ1v) is 24.2. The topological polar surface area (TPSA) is 67.8 Å². The number of phosphoric ester groups is 1. The molecule has 0 aliphatic heterocycles. The molecule has 219 valence electrons. The summed E-state index contributed by atoms with van der Waals surface area (Å²) >= 11 is 0.222. The Kier molecular flexibility index (Phi) is 25.7. The second-order valence-electron chi connectivity index (χ2n) is 11.3. The third-order valence-corrected chi connectivity index (χ3v) is 11.8. The predicted molar refractivity (Wildman–Crippen MR) is 160 cm³/mol. The minimum atomic E-state index is -4.22. The number of unbranched alkanes of at least 4 members (excludes halogenated alkanes) is 15. The van der Waals surface area contributed by atoms with Crippen LogP contribution in [0.25, 0.3) is 0 Å². The van der Waals surface area contributed by atoms with Crippen LogP contribution in [0.2, 0.25) is 22.3 Å². The molecular weight excluding hydrogens is 554 g/mol. The van der Waals surface area contributed by atoms with Gasteiger partial charge >= 0.3 is 136 Å². The molecule has 0 spiro atoms. The molecule has 8 heteroatoms. The molecule has 2 unspecified atom stereocenters. The molecule has 5 nitrogen and oxygen atoms in total. The van der Waals surface area contributed by atoms with Crippen LogP contribution in [0.5, 0.6) is 0 Å². The van der Waals surface area contributed by atoms with Gasteiger partial charge in [-0.2, -0.15) is 0 Å². The van der Waals surface area contributed by atoms with Crippen LogP contribution in [0, 0.1) is 5.92 Å². The fraction of sp³-hybridized carbons (Fsp3) is 1.00. The van der Waals surface area contributed by atoms with E-state index in [-0.39, 0.29) is 19.1 Å². The number of hydrogen-bond donors (Lipinski definition) is 0. The zero-order valence-corrected chi connectivity index (χ0v) is 28.1. The summed E-state index contributed by atoms with van der Waals surface area (Å²) in [6.45, 7) is 3.16. The van der Waals surface area contributed by atoms with Gasteiger partial charge in [-0.15, -0.1) is 0 Å². The molecule has 0 N–H and O–H groups in total. The molecule has 0 aromatic carbocycles. The summed E-state index contributed by atoms with van der Waals surface area (Å²) in [6.07, 6.45) is 22.2. The van der Waals surface area contributed by atoms with Crippen molar-refractivity contribution in [3.8, 4) is 0 Å². The standard InChI is InChI=1S/C28H61AsO5PS/c1-6-7-8-9-10-11-12-13-14-15-16-17-18-19-20-21-24-36-27-28(25-32-5)26-34-35(30,31)33-23-22-29(2,3)4/h28H,6-27H2,1-5H3,(H,30,31)/p-1. The zero-order valence-electron chi connectivity index (χ0n) is 24.5. The molecule has 0 aliphatic carbocycles. The van der Waals surface area contributed by atoms with Gasteiger partial charge < -0.3 is 0 Å². The maximum atomic E-state index is 12.0. The van der Waals surface area contributed by atoms with E-state index in [1.165, 1.54) is 103 Å². The Morgan fingerprint density at radius 2 is 1.22 bits per heavy atom. The molecule has 0 aromatic heterocycles. The Labute approximate surface area is 232 Å². The van der Waals surface area contributed by atoms with E-state index in [1.54, 1.807) is 7.11 Å². The molecule has 2 atom stereocenters. The molecule has 0 rings (SSSR count). The number of ether oxygens (including phenoxy) is 1. The second-order valence-corrected chi connectivity index (χ2v) is 24.4. The molecule has 36 heavy (non-hydrogen) atoms. The zero-order chi connectivity index (χ0) is 27.0. The molecule has 0 saturated carbocycles. The third-order valence-electron chi connectivity index (χ3n) is 6.38. The summed E-state index contributed by atoms with van der Waals surface area (Å²) in [7, 11) is -2.57. The normalized spacial score (nSPS) is 14.7. The van der Waals surface area contributed by atoms with E-state index in [0.717, 1.165) is 16.7 Å². The first-order chi connectivity index (χ1) is 17.2. The van der Waals surface area contributed by atoms with Crippen LogP contribution >= 0.6 is 19.6 Å². The summed E-state index contributed by atoms with van der Waals surface area (Å²) in [4.78, 5) is 12.0. The van der Waals surface area contributed by atoms with Crippen molar-refractivity contribution in [2.45, 2.75) is 132 Å². The van der Waals surface area contributed by atoms with Crippen molar-refractivity contribution in [2.24, 2.45) is 5.92 Å². The summed E-state index contributed by atoms with van der Waals surface area (Å²) in [5.74, 6) is 2.02. The van der Waals surface area contributed by atoms with Crippen molar-refractivity contribution in [3.05, 3.63) is 0 Å². The van der Waals surface area contributed by atoms with Crippen molar-refractivity contribution in [2.75, 3.05) is 38.4 Å². The Morgan fingerprint density at radius 1 is 0.750 bits per heavy atom. The number of methoxy groups -OCH3 is 1. The first-order valence-electron chi connectivity index (χ1n) is 14.7. The molecule has 0 saturated heterocycles. The van der Waals surface area contributed by atoms with E-state index >= 15 is 0 Å². The molecule has 0 heterocycles. The first kappa shape index (κ1) is 37.0. The summed E-state index contributed by atoms with van der Waals surface area (Å²) in [6, 6.07) is 0. The Morgan fingerprint density at radius 3 is 1.67 bits per heavy atom. The van der Waals surface area contributed by atoms with Crippen LogP contribution in [0.4, 0.5) is 0 Å². The van der Waals surface area contributed by atoms with Gasteiger partial charge in [-0.25, -0.2) is 0 Å². The van der Waals surface area contributed by atoms with Gasteiger partial charge in [0.2, 0.25) is 0 Å². The minimum absolute atomic E-state index is 0.0613. The van der Waals surface area contributed by atoms with Gasteiger partial charge in [0.1, 0.15) is 0 Å². The summed E-state index contributed by atoms with van der Waals surface area (Å²) in [5, 5.41) is 0.838. The van der Waals surface area contributed by atoms with Crippen LogP contribution in [-0.2, 0) is 18.3 Å². The Balaban J connectivity index is 3.59. The third kappa shape index (κ3) is 28.0. The van der Waals surface area contributed by atoms with Crippen molar-refractivity contribution < 1.29 is 23.2 Å². The van der Waals surface area contributed by atoms with Gasteiger partial charge in [-0.1, -0.05) is 96.8 Å². The number of thioether (sulfide) groups is 1. The van der Waals surface area contributed by atoms with E-state index in [0.29, 0.717) is 6.61 Å². The van der Waals surface area contributed by atoms with Gasteiger partial charge in [0.25, 0.3) is 0 Å². The Bertz CT molecular complexity index is 519. The molecule has 0 fully saturated rings. The average Bonchev–Trinajstić information content (AvgIpc) is 2.80. The SMILES string of the molecule is CCCCCCCCCCCCCCCCCCSCC(COC)COP(=O)([O-])OCC[As](C)(C)C. The van der Waals surface area contributed by atoms with E-state index < -0.39 is 21.4 Å². The van der Waals surface area contributed by atoms with E-state index in [1.807, 2.05) is 11.8 Å². The summed E-state index contributed by atoms with van der Waals surface area (Å²) < 4.78 is 27.5.